The number of nitrogens with zero attached hydrogens (tertiary/aromatic N) is 3. The first kappa shape index (κ1) is 22.3. The largest absolute Gasteiger partial charge is 0.435 e. The van der Waals surface area contributed by atoms with Crippen molar-refractivity contribution < 1.29 is 27.1 Å². The Labute approximate surface area is 189 Å². The molecule has 3 heterocycles. The Morgan fingerprint density at radius 3 is 2.42 bits per heavy atom. The number of ether oxygens (including phenoxy) is 1. The van der Waals surface area contributed by atoms with E-state index in [0.717, 1.165) is 6.20 Å². The molecule has 3 fully saturated rings. The molecule has 1 aromatic heterocycles. The number of carbonyl (C=O) groups excluding carboxylic acids is 1. The second-order valence-electron chi connectivity index (χ2n) is 9.22. The molecule has 5 rings (SSSR count). The molecule has 1 saturated carbocycles. The van der Waals surface area contributed by atoms with Crippen molar-refractivity contribution in [3.8, 4) is 0 Å². The molecule has 3 aliphatic rings. The molecule has 9 heteroatoms. The number of rotatable bonds is 4. The van der Waals surface area contributed by atoms with Gasteiger partial charge in [-0.05, 0) is 55.9 Å². The number of hydrogen-bond donors (Lipinski definition) is 0. The number of likely N-dealkylation sites (tertiary alicyclic amines) is 1. The summed E-state index contributed by atoms with van der Waals surface area (Å²) < 4.78 is 61.1. The van der Waals surface area contributed by atoms with Crippen LogP contribution in [0.5, 0.6) is 0 Å². The zero-order valence-corrected chi connectivity index (χ0v) is 18.1. The molecule has 1 amide bonds. The van der Waals surface area contributed by atoms with Crippen molar-refractivity contribution in [2.75, 3.05) is 31.1 Å². The monoisotopic (exact) mass is 463 g/mol. The number of pyridine rings is 1. The maximum Gasteiger partial charge on any atom is 0.435 e. The molecule has 1 aromatic carbocycles. The molecule has 5 nitrogen and oxygen atoms in total. The Morgan fingerprint density at radius 2 is 1.76 bits per heavy atom. The van der Waals surface area contributed by atoms with Gasteiger partial charge in [0.05, 0.1) is 17.8 Å². The van der Waals surface area contributed by atoms with Gasteiger partial charge in [0, 0.05) is 25.8 Å². The number of halogens is 4. The third-order valence-corrected chi connectivity index (χ3v) is 6.97. The molecule has 2 spiro atoms. The van der Waals surface area contributed by atoms with Crippen LogP contribution in [-0.2, 0) is 22.1 Å². The molecule has 0 unspecified atom stereocenters. The van der Waals surface area contributed by atoms with Gasteiger partial charge in [0.15, 0.2) is 5.69 Å². The van der Waals surface area contributed by atoms with E-state index < -0.39 is 29.0 Å². The quantitative estimate of drug-likeness (QED) is 0.638. The number of benzene rings is 1. The van der Waals surface area contributed by atoms with Crippen LogP contribution in [-0.4, -0.2) is 53.2 Å². The highest BCUT2D eigenvalue weighted by Crippen LogP contribution is 2.51. The van der Waals surface area contributed by atoms with Crippen molar-refractivity contribution in [2.45, 2.75) is 49.5 Å². The van der Waals surface area contributed by atoms with Crippen LogP contribution in [0.2, 0.25) is 0 Å². The van der Waals surface area contributed by atoms with E-state index in [2.05, 4.69) is 9.88 Å². The number of carbonyl (C=O) groups is 1. The molecule has 2 saturated heterocycles. The zero-order valence-electron chi connectivity index (χ0n) is 18.1. The number of morpholine rings is 1. The Hall–Kier alpha value is -2.52. The van der Waals surface area contributed by atoms with Gasteiger partial charge in [0.1, 0.15) is 11.4 Å². The van der Waals surface area contributed by atoms with Crippen molar-refractivity contribution in [3.05, 3.63) is 59.7 Å². The molecule has 0 N–H and O–H groups in total. The summed E-state index contributed by atoms with van der Waals surface area (Å²) >= 11 is 0. The Kier molecular flexibility index (Phi) is 5.44. The lowest BCUT2D eigenvalue weighted by atomic mass is 9.87. The minimum Gasteiger partial charge on any atom is -0.357 e. The van der Waals surface area contributed by atoms with E-state index in [0.29, 0.717) is 57.3 Å². The number of alkyl halides is 3. The summed E-state index contributed by atoms with van der Waals surface area (Å²) in [6.07, 6.45) is -0.761. The van der Waals surface area contributed by atoms with Crippen molar-refractivity contribution in [1.82, 2.24) is 9.88 Å². The molecular weight excluding hydrogens is 438 g/mol. The number of anilines is 1. The minimum atomic E-state index is -4.66. The molecule has 0 atom stereocenters. The van der Waals surface area contributed by atoms with E-state index in [4.69, 9.17) is 4.74 Å². The maximum absolute atomic E-state index is 13.9. The van der Waals surface area contributed by atoms with Crippen LogP contribution >= 0.6 is 0 Å². The summed E-state index contributed by atoms with van der Waals surface area (Å²) in [4.78, 5) is 20.1. The lowest BCUT2D eigenvalue weighted by molar-refractivity contribution is -0.172. The van der Waals surface area contributed by atoms with Gasteiger partial charge in [-0.15, -0.1) is 0 Å². The van der Waals surface area contributed by atoms with Gasteiger partial charge in [-0.1, -0.05) is 18.2 Å². The fourth-order valence-electron chi connectivity index (χ4n) is 4.98. The van der Waals surface area contributed by atoms with Crippen LogP contribution in [0.3, 0.4) is 0 Å². The molecule has 0 radical (unpaired) electrons. The summed E-state index contributed by atoms with van der Waals surface area (Å²) in [6.45, 7) is 2.10. The van der Waals surface area contributed by atoms with E-state index in [-0.39, 0.29) is 18.0 Å². The summed E-state index contributed by atoms with van der Waals surface area (Å²) in [5.41, 5.74) is -2.31. The third-order valence-electron chi connectivity index (χ3n) is 6.97. The third kappa shape index (κ3) is 4.24. The first-order chi connectivity index (χ1) is 15.7. The number of amides is 1. The fourth-order valence-corrected chi connectivity index (χ4v) is 4.98. The van der Waals surface area contributed by atoms with Crippen LogP contribution in [0.1, 0.15) is 36.9 Å². The van der Waals surface area contributed by atoms with Gasteiger partial charge >= 0.3 is 6.18 Å². The van der Waals surface area contributed by atoms with E-state index in [1.54, 1.807) is 12.1 Å². The smallest absolute Gasteiger partial charge is 0.357 e. The Morgan fingerprint density at radius 1 is 1.03 bits per heavy atom. The van der Waals surface area contributed by atoms with Crippen LogP contribution in [0.15, 0.2) is 42.6 Å². The summed E-state index contributed by atoms with van der Waals surface area (Å²) in [5, 5.41) is 0. The fraction of sp³-hybridized carbons (Fsp3) is 0.500. The lowest BCUT2D eigenvalue weighted by Crippen LogP contribution is -2.63. The average Bonchev–Trinajstić information content (AvgIpc) is 3.56. The van der Waals surface area contributed by atoms with Crippen molar-refractivity contribution in [2.24, 2.45) is 0 Å². The number of aromatic nitrogens is 1. The molecule has 2 aromatic rings. The summed E-state index contributed by atoms with van der Waals surface area (Å²) in [5.74, 6) is -0.628. The maximum atomic E-state index is 13.9. The second kappa shape index (κ2) is 8.06. The van der Waals surface area contributed by atoms with Gasteiger partial charge in [0.25, 0.3) is 5.91 Å². The SMILES string of the molecule is O=C1N(c2cccnc2C(F)(F)F)CC2(CCN(CCc3ccccc3F)CC2)OC12CC2. The Bertz CT molecular complexity index is 1050. The average molecular weight is 463 g/mol. The molecule has 1 aliphatic carbocycles. The van der Waals surface area contributed by atoms with E-state index in [1.165, 1.54) is 23.1 Å². The molecular formula is C24H25F4N3O2. The molecule has 33 heavy (non-hydrogen) atoms. The number of piperidine rings is 1. The standard InChI is InChI=1S/C24H25F4N3O2/c25-18-5-2-1-4-17(18)7-13-30-14-10-22(11-15-30)16-31(21(32)23(33-22)8-9-23)19-6-3-12-29-20(19)24(26,27)28/h1-6,12H,7-11,13-16H2. The van der Waals surface area contributed by atoms with Crippen molar-refractivity contribution in [1.29, 1.82) is 0 Å². The molecule has 176 valence electrons. The van der Waals surface area contributed by atoms with E-state index in [1.807, 2.05) is 6.07 Å². The minimum absolute atomic E-state index is 0.0729. The second-order valence-corrected chi connectivity index (χ2v) is 9.22. The van der Waals surface area contributed by atoms with E-state index >= 15 is 0 Å². The van der Waals surface area contributed by atoms with Gasteiger partial charge in [-0.2, -0.15) is 13.2 Å². The predicted octanol–water partition coefficient (Wildman–Crippen LogP) is 4.21. The van der Waals surface area contributed by atoms with Crippen molar-refractivity contribution in [3.63, 3.8) is 0 Å². The molecule has 0 bridgehead atoms. The predicted molar refractivity (Wildman–Crippen MR) is 113 cm³/mol. The molecule has 2 aliphatic heterocycles. The number of hydrogen-bond acceptors (Lipinski definition) is 4. The van der Waals surface area contributed by atoms with Crippen LogP contribution in [0.25, 0.3) is 0 Å². The zero-order chi connectivity index (χ0) is 23.3. The summed E-state index contributed by atoms with van der Waals surface area (Å²) in [7, 11) is 0. The van der Waals surface area contributed by atoms with Crippen LogP contribution in [0.4, 0.5) is 23.2 Å². The highest BCUT2D eigenvalue weighted by molar-refractivity contribution is 6.02. The lowest BCUT2D eigenvalue weighted by Gasteiger charge is -2.50. The van der Waals surface area contributed by atoms with Gasteiger partial charge in [0.2, 0.25) is 0 Å². The topological polar surface area (TPSA) is 45.7 Å². The first-order valence-electron chi connectivity index (χ1n) is 11.2. The van der Waals surface area contributed by atoms with Crippen LogP contribution < -0.4 is 4.90 Å². The highest BCUT2D eigenvalue weighted by atomic mass is 19.4. The van der Waals surface area contributed by atoms with E-state index in [9.17, 15) is 22.4 Å². The summed E-state index contributed by atoms with van der Waals surface area (Å²) in [6, 6.07) is 9.43. The van der Waals surface area contributed by atoms with Crippen LogP contribution in [0, 0.1) is 5.82 Å². The van der Waals surface area contributed by atoms with Crippen molar-refractivity contribution >= 4 is 11.6 Å². The van der Waals surface area contributed by atoms with Gasteiger partial charge < -0.3 is 14.5 Å². The normalized spacial score (nSPS) is 22.2. The Balaban J connectivity index is 1.32. The van der Waals surface area contributed by atoms with Gasteiger partial charge in [-0.3, -0.25) is 4.79 Å². The van der Waals surface area contributed by atoms with Gasteiger partial charge in [-0.25, -0.2) is 9.37 Å². The first-order valence-corrected chi connectivity index (χ1v) is 11.2. The highest BCUT2D eigenvalue weighted by Gasteiger charge is 2.62.